The first-order chi connectivity index (χ1) is 5.63. The number of carbonyl (C=O) groups is 2. The van der Waals surface area contributed by atoms with E-state index in [2.05, 4.69) is 10.6 Å². The van der Waals surface area contributed by atoms with Gasteiger partial charge in [0.05, 0.1) is 0 Å². The highest BCUT2D eigenvalue weighted by Gasteiger charge is 2.12. The van der Waals surface area contributed by atoms with Gasteiger partial charge in [0.25, 0.3) is 0 Å². The number of hydrogen-bond acceptors (Lipinski definition) is 3. The number of amides is 4. The summed E-state index contributed by atoms with van der Waals surface area (Å²) in [6.07, 6.45) is 2.40. The van der Waals surface area contributed by atoms with Gasteiger partial charge in [0.1, 0.15) is 0 Å². The van der Waals surface area contributed by atoms with E-state index in [0.717, 1.165) is 11.1 Å². The van der Waals surface area contributed by atoms with Gasteiger partial charge in [-0.15, -0.1) is 0 Å². The molecule has 0 radical (unpaired) electrons. The van der Waals surface area contributed by atoms with Crippen molar-refractivity contribution in [3.05, 3.63) is 12.4 Å². The van der Waals surface area contributed by atoms with Gasteiger partial charge in [0, 0.05) is 26.5 Å². The van der Waals surface area contributed by atoms with Crippen LogP contribution >= 0.6 is 0 Å². The molecule has 0 rings (SSSR count). The minimum Gasteiger partial charge on any atom is -0.403 e. The fourth-order valence-electron chi connectivity index (χ4n) is 0.476. The summed E-state index contributed by atoms with van der Waals surface area (Å²) >= 11 is 0. The number of nitrogens with one attached hydrogen (secondary N) is 2. The minimum atomic E-state index is -0.545. The van der Waals surface area contributed by atoms with Gasteiger partial charge in [-0.1, -0.05) is 0 Å². The van der Waals surface area contributed by atoms with Gasteiger partial charge in [0.15, 0.2) is 0 Å². The van der Waals surface area contributed by atoms with Crippen molar-refractivity contribution in [2.24, 2.45) is 5.73 Å². The van der Waals surface area contributed by atoms with Gasteiger partial charge < -0.3 is 16.4 Å². The molecule has 0 aromatic carbocycles. The molecule has 0 bridgehead atoms. The molecular weight excluding hydrogens is 160 g/mol. The fourth-order valence-corrected chi connectivity index (χ4v) is 0.476. The van der Waals surface area contributed by atoms with E-state index in [1.165, 1.54) is 20.3 Å². The van der Waals surface area contributed by atoms with E-state index < -0.39 is 12.1 Å². The van der Waals surface area contributed by atoms with Crippen LogP contribution in [0.2, 0.25) is 0 Å². The maximum absolute atomic E-state index is 10.9. The molecule has 4 N–H and O–H groups in total. The monoisotopic (exact) mass is 172 g/mol. The lowest BCUT2D eigenvalue weighted by Gasteiger charge is -2.13. The Hall–Kier alpha value is -1.72. The number of hydrogen-bond donors (Lipinski definition) is 3. The van der Waals surface area contributed by atoms with E-state index in [0.29, 0.717) is 0 Å². The van der Waals surface area contributed by atoms with Crippen molar-refractivity contribution >= 4 is 12.1 Å². The van der Waals surface area contributed by atoms with Crippen LogP contribution in [0.4, 0.5) is 9.59 Å². The summed E-state index contributed by atoms with van der Waals surface area (Å²) in [5.41, 5.74) is 4.97. The molecule has 0 aliphatic rings. The Morgan fingerprint density at radius 3 is 2.42 bits per heavy atom. The maximum Gasteiger partial charge on any atom is 0.329 e. The second kappa shape index (κ2) is 5.00. The van der Waals surface area contributed by atoms with Crippen LogP contribution in [0.5, 0.6) is 0 Å². The predicted octanol–water partition coefficient (Wildman–Crippen LogP) is -0.603. The molecule has 0 spiro atoms. The van der Waals surface area contributed by atoms with Crippen molar-refractivity contribution in [3.63, 3.8) is 0 Å². The summed E-state index contributed by atoms with van der Waals surface area (Å²) in [5.74, 6) is 0. The number of urea groups is 2. The third-order valence-electron chi connectivity index (χ3n) is 1.13. The molecule has 0 aromatic heterocycles. The number of nitrogens with two attached hydrogens (primary N) is 1. The lowest BCUT2D eigenvalue weighted by atomic mass is 10.7. The average Bonchev–Trinajstić information content (AvgIpc) is 2.11. The third-order valence-corrected chi connectivity index (χ3v) is 1.13. The zero-order valence-corrected chi connectivity index (χ0v) is 7.00. The molecule has 6 heteroatoms. The van der Waals surface area contributed by atoms with Crippen LogP contribution in [-0.2, 0) is 0 Å². The Morgan fingerprint density at radius 1 is 1.42 bits per heavy atom. The van der Waals surface area contributed by atoms with Crippen molar-refractivity contribution in [3.8, 4) is 0 Å². The Balaban J connectivity index is 4.01. The van der Waals surface area contributed by atoms with Gasteiger partial charge in [-0.25, -0.2) is 14.5 Å². The topological polar surface area (TPSA) is 87.5 Å². The van der Waals surface area contributed by atoms with E-state index in [4.69, 9.17) is 5.73 Å². The second-order valence-electron chi connectivity index (χ2n) is 1.92. The number of imide groups is 1. The lowest BCUT2D eigenvalue weighted by Crippen LogP contribution is -2.43. The lowest BCUT2D eigenvalue weighted by molar-refractivity contribution is 0.198. The normalized spacial score (nSPS) is 9.50. The molecule has 4 amide bonds. The molecule has 0 atom stereocenters. The molecule has 0 aliphatic carbocycles. The Labute approximate surface area is 70.4 Å². The first kappa shape index (κ1) is 10.3. The van der Waals surface area contributed by atoms with E-state index in [1.54, 1.807) is 0 Å². The summed E-state index contributed by atoms with van der Waals surface area (Å²) in [6.45, 7) is 0. The average molecular weight is 172 g/mol. The quantitative estimate of drug-likeness (QED) is 0.493. The van der Waals surface area contributed by atoms with Crippen molar-refractivity contribution < 1.29 is 9.59 Å². The van der Waals surface area contributed by atoms with Crippen LogP contribution in [0.15, 0.2) is 12.4 Å². The highest BCUT2D eigenvalue weighted by Crippen LogP contribution is 1.84. The maximum atomic E-state index is 10.9. The van der Waals surface area contributed by atoms with E-state index in [-0.39, 0.29) is 0 Å². The fraction of sp³-hybridized carbons (Fsp3) is 0.333. The molecule has 0 heterocycles. The van der Waals surface area contributed by atoms with E-state index in [9.17, 15) is 9.59 Å². The van der Waals surface area contributed by atoms with Crippen LogP contribution < -0.4 is 16.4 Å². The van der Waals surface area contributed by atoms with E-state index >= 15 is 0 Å². The van der Waals surface area contributed by atoms with Gasteiger partial charge in [-0.05, 0) is 0 Å². The van der Waals surface area contributed by atoms with Crippen molar-refractivity contribution in [1.82, 2.24) is 15.5 Å². The molecule has 12 heavy (non-hydrogen) atoms. The summed E-state index contributed by atoms with van der Waals surface area (Å²) in [4.78, 5) is 22.7. The summed E-state index contributed by atoms with van der Waals surface area (Å²) < 4.78 is 0. The van der Waals surface area contributed by atoms with Crippen LogP contribution in [0, 0.1) is 0 Å². The molecule has 0 saturated heterocycles. The van der Waals surface area contributed by atoms with Gasteiger partial charge in [0.2, 0.25) is 0 Å². The van der Waals surface area contributed by atoms with Gasteiger partial charge in [-0.2, -0.15) is 0 Å². The van der Waals surface area contributed by atoms with Crippen molar-refractivity contribution in [2.75, 3.05) is 14.1 Å². The van der Waals surface area contributed by atoms with Crippen LogP contribution in [-0.4, -0.2) is 31.1 Å². The van der Waals surface area contributed by atoms with Gasteiger partial charge >= 0.3 is 12.1 Å². The number of nitrogens with zero attached hydrogens (tertiary/aromatic N) is 1. The van der Waals surface area contributed by atoms with Gasteiger partial charge in [-0.3, -0.25) is 0 Å². The summed E-state index contributed by atoms with van der Waals surface area (Å²) in [5, 5.41) is 4.56. The van der Waals surface area contributed by atoms with Crippen LogP contribution in [0.1, 0.15) is 0 Å². The molecule has 0 saturated carbocycles. The number of carbonyl (C=O) groups excluding carboxylic acids is 2. The third kappa shape index (κ3) is 2.91. The zero-order chi connectivity index (χ0) is 9.56. The second-order valence-corrected chi connectivity index (χ2v) is 1.92. The first-order valence-corrected chi connectivity index (χ1v) is 3.26. The van der Waals surface area contributed by atoms with E-state index in [1.807, 2.05) is 0 Å². The summed E-state index contributed by atoms with van der Waals surface area (Å²) in [6, 6.07) is -1.03. The highest BCUT2D eigenvalue weighted by atomic mass is 16.2. The highest BCUT2D eigenvalue weighted by molar-refractivity contribution is 5.93. The SMILES string of the molecule is CNC(=O)N(C)C(=O)N/C=C/N. The minimum absolute atomic E-state index is 0.488. The predicted molar refractivity (Wildman–Crippen MR) is 44.1 cm³/mol. The number of rotatable bonds is 1. The molecule has 6 nitrogen and oxygen atoms in total. The van der Waals surface area contributed by atoms with Crippen molar-refractivity contribution in [2.45, 2.75) is 0 Å². The molecule has 0 aliphatic heterocycles. The largest absolute Gasteiger partial charge is 0.403 e. The smallest absolute Gasteiger partial charge is 0.329 e. The molecule has 68 valence electrons. The Bertz CT molecular complexity index is 202. The molecular formula is C6H12N4O2. The first-order valence-electron chi connectivity index (χ1n) is 3.26. The van der Waals surface area contributed by atoms with Crippen LogP contribution in [0.25, 0.3) is 0 Å². The van der Waals surface area contributed by atoms with Crippen molar-refractivity contribution in [1.29, 1.82) is 0 Å². The molecule has 0 aromatic rings. The van der Waals surface area contributed by atoms with Crippen LogP contribution in [0.3, 0.4) is 0 Å². The summed E-state index contributed by atoms with van der Waals surface area (Å²) in [7, 11) is 2.78. The zero-order valence-electron chi connectivity index (χ0n) is 7.00. The molecule has 0 unspecified atom stereocenters. The Morgan fingerprint density at radius 2 is 2.00 bits per heavy atom. The Kier molecular flexibility index (Phi) is 4.28. The molecule has 0 fully saturated rings. The standard InChI is InChI=1S/C6H12N4O2/c1-8-5(11)10(2)6(12)9-4-3-7/h3-4H,7H2,1-2H3,(H,8,11)(H,9,12)/b4-3+.